The lowest BCUT2D eigenvalue weighted by atomic mass is 10.0. The number of urea groups is 1. The van der Waals surface area contributed by atoms with Crippen molar-refractivity contribution in [2.75, 3.05) is 30.3 Å². The fraction of sp³-hybridized carbons (Fsp3) is 0.478. The molecule has 33 heavy (non-hydrogen) atoms. The molecule has 2 aliphatic heterocycles. The van der Waals surface area contributed by atoms with E-state index in [1.54, 1.807) is 6.92 Å². The Labute approximate surface area is 198 Å². The van der Waals surface area contributed by atoms with Crippen LogP contribution in [0.1, 0.15) is 38.7 Å². The molecule has 3 heterocycles. The van der Waals surface area contributed by atoms with Crippen LogP contribution in [-0.4, -0.2) is 58.3 Å². The summed E-state index contributed by atoms with van der Waals surface area (Å²) in [5.41, 5.74) is 3.18. The third-order valence-electron chi connectivity index (χ3n) is 5.79. The number of hydrogen-bond acceptors (Lipinski definition) is 7. The molecule has 1 unspecified atom stereocenters. The Kier molecular flexibility index (Phi) is 7.22. The number of anilines is 1. The number of amides is 2. The van der Waals surface area contributed by atoms with Crippen LogP contribution in [0.15, 0.2) is 40.7 Å². The predicted octanol–water partition coefficient (Wildman–Crippen LogP) is 3.18. The van der Waals surface area contributed by atoms with Crippen molar-refractivity contribution in [2.24, 2.45) is 0 Å². The van der Waals surface area contributed by atoms with Gasteiger partial charge in [-0.2, -0.15) is 0 Å². The van der Waals surface area contributed by atoms with E-state index in [1.165, 1.54) is 17.3 Å². The zero-order chi connectivity index (χ0) is 23.4. The minimum Gasteiger partial charge on any atom is -0.463 e. The van der Waals surface area contributed by atoms with Gasteiger partial charge in [-0.1, -0.05) is 36.4 Å². The maximum atomic E-state index is 12.7. The largest absolute Gasteiger partial charge is 0.463 e. The van der Waals surface area contributed by atoms with E-state index in [9.17, 15) is 9.59 Å². The zero-order valence-electron chi connectivity index (χ0n) is 19.3. The molecule has 0 radical (unpaired) electrons. The number of aromatic nitrogens is 3. The Balaban J connectivity index is 1.67. The maximum absolute atomic E-state index is 12.7. The molecule has 1 atom stereocenters. The molecule has 1 saturated heterocycles. The van der Waals surface area contributed by atoms with Crippen molar-refractivity contribution in [2.45, 2.75) is 51.2 Å². The third kappa shape index (κ3) is 5.00. The first-order valence-electron chi connectivity index (χ1n) is 11.4. The summed E-state index contributed by atoms with van der Waals surface area (Å²) in [5, 5.41) is 15.3. The second kappa shape index (κ2) is 10.3. The van der Waals surface area contributed by atoms with E-state index in [-0.39, 0.29) is 18.7 Å². The number of esters is 1. The lowest BCUT2D eigenvalue weighted by Crippen LogP contribution is -2.50. The second-order valence-corrected chi connectivity index (χ2v) is 9.05. The average molecular weight is 471 g/mol. The number of rotatable bonds is 8. The SMILES string of the molecule is CCOC(=O)C1=C(CSc2nnc(N3CCCC3)n2-c2ccc(C)cc2)NC(=O)NC1CC. The molecule has 0 bridgehead atoms. The summed E-state index contributed by atoms with van der Waals surface area (Å²) in [6, 6.07) is 7.55. The van der Waals surface area contributed by atoms with Crippen LogP contribution in [0, 0.1) is 6.92 Å². The number of aryl methyl sites for hydroxylation is 1. The molecule has 2 aromatic rings. The minimum atomic E-state index is -0.412. The van der Waals surface area contributed by atoms with Crippen LogP contribution in [0.5, 0.6) is 0 Å². The minimum absolute atomic E-state index is 0.272. The van der Waals surface area contributed by atoms with Gasteiger partial charge in [0, 0.05) is 24.5 Å². The highest BCUT2D eigenvalue weighted by molar-refractivity contribution is 7.99. The molecule has 1 aromatic carbocycles. The van der Waals surface area contributed by atoms with Gasteiger partial charge in [0.1, 0.15) is 0 Å². The molecule has 0 spiro atoms. The number of carbonyl (C=O) groups is 2. The first kappa shape index (κ1) is 23.2. The Morgan fingerprint density at radius 2 is 1.91 bits per heavy atom. The highest BCUT2D eigenvalue weighted by Gasteiger charge is 2.32. The normalized spacial score (nSPS) is 18.3. The highest BCUT2D eigenvalue weighted by Crippen LogP contribution is 2.30. The average Bonchev–Trinajstić information content (AvgIpc) is 3.47. The molecule has 2 aliphatic rings. The standard InChI is InChI=1S/C23H30N6O3S/c1-4-17-19(20(30)32-5-2)18(25-21(31)24-17)14-33-23-27-26-22(28-12-6-7-13-28)29(23)16-10-8-15(3)9-11-16/h8-11,17H,4-7,12-14H2,1-3H3,(H2,24,25,31). The van der Waals surface area contributed by atoms with Crippen molar-refractivity contribution in [1.82, 2.24) is 25.4 Å². The van der Waals surface area contributed by atoms with Crippen molar-refractivity contribution >= 4 is 29.7 Å². The van der Waals surface area contributed by atoms with Gasteiger partial charge in [-0.05, 0) is 45.2 Å². The van der Waals surface area contributed by atoms with Crippen molar-refractivity contribution in [3.05, 3.63) is 41.1 Å². The van der Waals surface area contributed by atoms with Crippen LogP contribution >= 0.6 is 11.8 Å². The lowest BCUT2D eigenvalue weighted by molar-refractivity contribution is -0.139. The van der Waals surface area contributed by atoms with Crippen molar-refractivity contribution in [1.29, 1.82) is 0 Å². The van der Waals surface area contributed by atoms with Gasteiger partial charge >= 0.3 is 12.0 Å². The molecule has 1 fully saturated rings. The first-order valence-corrected chi connectivity index (χ1v) is 12.4. The second-order valence-electron chi connectivity index (χ2n) is 8.11. The summed E-state index contributed by atoms with van der Waals surface area (Å²) in [6.45, 7) is 7.93. The van der Waals surface area contributed by atoms with E-state index in [1.807, 2.05) is 6.92 Å². The van der Waals surface area contributed by atoms with Gasteiger partial charge in [-0.25, -0.2) is 9.59 Å². The topological polar surface area (TPSA) is 101 Å². The lowest BCUT2D eigenvalue weighted by Gasteiger charge is -2.28. The van der Waals surface area contributed by atoms with Crippen molar-refractivity contribution in [3.8, 4) is 5.69 Å². The predicted molar refractivity (Wildman–Crippen MR) is 128 cm³/mol. The summed E-state index contributed by atoms with van der Waals surface area (Å²) < 4.78 is 7.33. The molecule has 1 aromatic heterocycles. The molecule has 0 aliphatic carbocycles. The van der Waals surface area contributed by atoms with Crippen molar-refractivity contribution < 1.29 is 14.3 Å². The fourth-order valence-corrected chi connectivity index (χ4v) is 5.03. The van der Waals surface area contributed by atoms with Gasteiger partial charge < -0.3 is 20.3 Å². The summed E-state index contributed by atoms with van der Waals surface area (Å²) >= 11 is 1.44. The van der Waals surface area contributed by atoms with E-state index >= 15 is 0 Å². The van der Waals surface area contributed by atoms with Gasteiger partial charge in [0.2, 0.25) is 5.95 Å². The van der Waals surface area contributed by atoms with Crippen LogP contribution in [0.2, 0.25) is 0 Å². The molecule has 4 rings (SSSR count). The van der Waals surface area contributed by atoms with Gasteiger partial charge in [-0.15, -0.1) is 10.2 Å². The van der Waals surface area contributed by atoms with E-state index in [2.05, 4.69) is 61.5 Å². The molecule has 2 N–H and O–H groups in total. The number of carbonyl (C=O) groups excluding carboxylic acids is 2. The van der Waals surface area contributed by atoms with Gasteiger partial charge in [0.15, 0.2) is 5.16 Å². The molecular weight excluding hydrogens is 440 g/mol. The summed E-state index contributed by atoms with van der Waals surface area (Å²) in [5.74, 6) is 0.770. The Morgan fingerprint density at radius 3 is 2.58 bits per heavy atom. The van der Waals surface area contributed by atoms with Gasteiger partial charge in [0.25, 0.3) is 0 Å². The van der Waals surface area contributed by atoms with E-state index in [4.69, 9.17) is 4.74 Å². The smallest absolute Gasteiger partial charge is 0.337 e. The van der Waals surface area contributed by atoms with E-state index in [0.717, 1.165) is 37.6 Å². The summed E-state index contributed by atoms with van der Waals surface area (Å²) in [6.07, 6.45) is 2.86. The summed E-state index contributed by atoms with van der Waals surface area (Å²) in [7, 11) is 0. The highest BCUT2D eigenvalue weighted by atomic mass is 32.2. The van der Waals surface area contributed by atoms with Crippen LogP contribution in [-0.2, 0) is 9.53 Å². The number of thioether (sulfide) groups is 1. The quantitative estimate of drug-likeness (QED) is 0.451. The molecule has 9 nitrogen and oxygen atoms in total. The monoisotopic (exact) mass is 470 g/mol. The van der Waals surface area contributed by atoms with Crippen LogP contribution in [0.3, 0.4) is 0 Å². The van der Waals surface area contributed by atoms with Gasteiger partial charge in [0.05, 0.1) is 23.9 Å². The van der Waals surface area contributed by atoms with Crippen LogP contribution < -0.4 is 15.5 Å². The van der Waals surface area contributed by atoms with E-state index < -0.39 is 5.97 Å². The van der Waals surface area contributed by atoms with Crippen molar-refractivity contribution in [3.63, 3.8) is 0 Å². The van der Waals surface area contributed by atoms with Crippen LogP contribution in [0.4, 0.5) is 10.7 Å². The number of nitrogens with zero attached hydrogens (tertiary/aromatic N) is 4. The zero-order valence-corrected chi connectivity index (χ0v) is 20.1. The van der Waals surface area contributed by atoms with Gasteiger partial charge in [-0.3, -0.25) is 4.57 Å². The molecule has 0 saturated carbocycles. The number of ether oxygens (including phenoxy) is 1. The third-order valence-corrected chi connectivity index (χ3v) is 6.75. The number of nitrogens with one attached hydrogen (secondary N) is 2. The number of hydrogen-bond donors (Lipinski definition) is 2. The maximum Gasteiger partial charge on any atom is 0.337 e. The summed E-state index contributed by atoms with van der Waals surface area (Å²) in [4.78, 5) is 27.1. The molecular formula is C23H30N6O3S. The molecule has 10 heteroatoms. The Bertz CT molecular complexity index is 1040. The Hall–Kier alpha value is -3.01. The Morgan fingerprint density at radius 1 is 1.18 bits per heavy atom. The van der Waals surface area contributed by atoms with Crippen LogP contribution in [0.25, 0.3) is 5.69 Å². The number of benzene rings is 1. The first-order chi connectivity index (χ1) is 16.0. The fourth-order valence-electron chi connectivity index (χ4n) is 4.11. The molecule has 176 valence electrons. The molecule has 2 amide bonds. The van der Waals surface area contributed by atoms with E-state index in [0.29, 0.717) is 28.6 Å².